The normalized spacial score (nSPS) is 21.9. The van der Waals surface area contributed by atoms with Crippen LogP contribution in [0, 0.1) is 5.92 Å². The molecule has 1 unspecified atom stereocenters. The molecule has 1 aliphatic heterocycles. The molecule has 0 radical (unpaired) electrons. The van der Waals surface area contributed by atoms with Crippen LogP contribution in [0.15, 0.2) is 0 Å². The molecule has 2 aliphatic carbocycles. The average molecular weight is 401 g/mol. The van der Waals surface area contributed by atoms with Crippen LogP contribution >= 0.6 is 11.3 Å². The molecule has 3 aliphatic rings. The van der Waals surface area contributed by atoms with Crippen molar-refractivity contribution in [2.24, 2.45) is 5.92 Å². The fraction of sp³-hybridized carbons (Fsp3) is 0.667. The molecule has 28 heavy (non-hydrogen) atoms. The van der Waals surface area contributed by atoms with Crippen molar-refractivity contribution in [1.29, 1.82) is 0 Å². The summed E-state index contributed by atoms with van der Waals surface area (Å²) in [5, 5.41) is 14.3. The lowest BCUT2D eigenvalue weighted by Crippen LogP contribution is -2.38. The van der Waals surface area contributed by atoms with Crippen molar-refractivity contribution in [3.8, 4) is 0 Å². The van der Waals surface area contributed by atoms with E-state index in [1.54, 1.807) is 11.3 Å². The Morgan fingerprint density at radius 1 is 1.18 bits per heavy atom. The number of aliphatic hydroxyl groups excluding tert-OH is 1. The minimum absolute atomic E-state index is 0.0327. The molecule has 1 amide bonds. The van der Waals surface area contributed by atoms with Crippen LogP contribution in [0.3, 0.4) is 0 Å². The summed E-state index contributed by atoms with van der Waals surface area (Å²) in [5.74, 6) is 2.34. The maximum absolute atomic E-state index is 12.8. The van der Waals surface area contributed by atoms with Crippen LogP contribution in [0.1, 0.15) is 54.8 Å². The molecular weight excluding hydrogens is 372 g/mol. The summed E-state index contributed by atoms with van der Waals surface area (Å²) in [5.41, 5.74) is 1.43. The Kier molecular flexibility index (Phi) is 4.97. The predicted octanol–water partition coefficient (Wildman–Crippen LogP) is 2.92. The summed E-state index contributed by atoms with van der Waals surface area (Å²) < 4.78 is 0. The number of aromatic nitrogens is 2. The third-order valence-electron chi connectivity index (χ3n) is 6.33. The van der Waals surface area contributed by atoms with Gasteiger partial charge in [-0.15, -0.1) is 11.3 Å². The highest BCUT2D eigenvalue weighted by molar-refractivity contribution is 7.19. The number of thiophene rings is 1. The van der Waals surface area contributed by atoms with E-state index in [-0.39, 0.29) is 25.0 Å². The molecule has 6 nitrogen and oxygen atoms in total. The van der Waals surface area contributed by atoms with Gasteiger partial charge in [-0.3, -0.25) is 4.79 Å². The number of hydrogen-bond donors (Lipinski definition) is 2. The van der Waals surface area contributed by atoms with Crippen LogP contribution in [0.2, 0.25) is 0 Å². The van der Waals surface area contributed by atoms with Crippen LogP contribution in [0.5, 0.6) is 0 Å². The zero-order chi connectivity index (χ0) is 19.1. The van der Waals surface area contributed by atoms with Gasteiger partial charge in [-0.25, -0.2) is 9.97 Å². The number of amides is 1. The number of carbonyl (C=O) groups excluding carboxylic acids is 1. The first-order chi connectivity index (χ1) is 13.7. The van der Waals surface area contributed by atoms with Crippen LogP contribution < -0.4 is 5.32 Å². The molecule has 0 bridgehead atoms. The number of fused-ring (bicyclic) bond motifs is 3. The molecule has 2 N–H and O–H groups in total. The van der Waals surface area contributed by atoms with Gasteiger partial charge in [0.25, 0.3) is 0 Å². The molecule has 1 saturated carbocycles. The fourth-order valence-electron chi connectivity index (χ4n) is 4.56. The molecule has 7 heteroatoms. The van der Waals surface area contributed by atoms with Gasteiger partial charge in [0.15, 0.2) is 0 Å². The summed E-state index contributed by atoms with van der Waals surface area (Å²) >= 11 is 1.79. The summed E-state index contributed by atoms with van der Waals surface area (Å²) in [7, 11) is 0. The number of hydrogen-bond acceptors (Lipinski definition) is 6. The van der Waals surface area contributed by atoms with Gasteiger partial charge in [-0.05, 0) is 62.8 Å². The molecule has 2 fully saturated rings. The monoisotopic (exact) mass is 400 g/mol. The lowest BCUT2D eigenvalue weighted by atomic mass is 9.97. The molecule has 3 heterocycles. The lowest BCUT2D eigenvalue weighted by molar-refractivity contribution is -0.132. The van der Waals surface area contributed by atoms with E-state index in [2.05, 4.69) is 5.32 Å². The highest BCUT2D eigenvalue weighted by atomic mass is 32.1. The molecule has 150 valence electrons. The van der Waals surface area contributed by atoms with E-state index in [1.807, 2.05) is 4.90 Å². The molecule has 0 spiro atoms. The number of aliphatic hydroxyl groups is 1. The summed E-state index contributed by atoms with van der Waals surface area (Å²) in [6.45, 7) is 1.73. The van der Waals surface area contributed by atoms with E-state index in [9.17, 15) is 9.90 Å². The molecule has 2 aromatic heterocycles. The van der Waals surface area contributed by atoms with E-state index in [1.165, 1.54) is 41.5 Å². The summed E-state index contributed by atoms with van der Waals surface area (Å²) in [6.07, 6.45) is 9.39. The van der Waals surface area contributed by atoms with Gasteiger partial charge in [0.2, 0.25) is 5.91 Å². The Bertz CT molecular complexity index is 892. The third-order valence-corrected chi connectivity index (χ3v) is 7.52. The largest absolute Gasteiger partial charge is 0.394 e. The van der Waals surface area contributed by atoms with Crippen molar-refractivity contribution in [3.63, 3.8) is 0 Å². The SMILES string of the molecule is O=C(Cc1nc(NCC2CC2)c2c3c(sc2n1)CCCC3)N1CCCC1CO. The molecule has 0 aromatic carbocycles. The number of likely N-dealkylation sites (tertiary alicyclic amines) is 1. The Hall–Kier alpha value is -1.73. The Balaban J connectivity index is 1.46. The van der Waals surface area contributed by atoms with Crippen molar-refractivity contribution in [2.75, 3.05) is 25.0 Å². The first-order valence-electron chi connectivity index (χ1n) is 10.7. The van der Waals surface area contributed by atoms with Gasteiger partial charge < -0.3 is 15.3 Å². The van der Waals surface area contributed by atoms with Gasteiger partial charge in [0, 0.05) is 18.0 Å². The maximum Gasteiger partial charge on any atom is 0.230 e. The van der Waals surface area contributed by atoms with Crippen molar-refractivity contribution in [3.05, 3.63) is 16.3 Å². The number of rotatable bonds is 6. The van der Waals surface area contributed by atoms with Gasteiger partial charge in [-0.2, -0.15) is 0 Å². The van der Waals surface area contributed by atoms with E-state index in [0.717, 1.165) is 55.3 Å². The van der Waals surface area contributed by atoms with E-state index in [4.69, 9.17) is 9.97 Å². The topological polar surface area (TPSA) is 78.4 Å². The number of nitrogens with zero attached hydrogens (tertiary/aromatic N) is 3. The van der Waals surface area contributed by atoms with Crippen molar-refractivity contribution in [1.82, 2.24) is 14.9 Å². The number of carbonyl (C=O) groups is 1. The Labute approximate surface area is 169 Å². The van der Waals surface area contributed by atoms with Gasteiger partial charge in [0.1, 0.15) is 16.5 Å². The van der Waals surface area contributed by atoms with Crippen molar-refractivity contribution >= 4 is 33.3 Å². The Morgan fingerprint density at radius 3 is 2.86 bits per heavy atom. The minimum Gasteiger partial charge on any atom is -0.394 e. The zero-order valence-corrected chi connectivity index (χ0v) is 17.1. The van der Waals surface area contributed by atoms with Crippen LogP contribution in [0.4, 0.5) is 5.82 Å². The summed E-state index contributed by atoms with van der Waals surface area (Å²) in [6, 6.07) is -0.0438. The first kappa shape index (κ1) is 18.3. The second kappa shape index (κ2) is 7.59. The lowest BCUT2D eigenvalue weighted by Gasteiger charge is -2.22. The van der Waals surface area contributed by atoms with Crippen molar-refractivity contribution < 1.29 is 9.90 Å². The second-order valence-corrected chi connectivity index (χ2v) is 9.53. The molecule has 1 atom stereocenters. The number of aryl methyl sites for hydroxylation is 2. The predicted molar refractivity (Wildman–Crippen MR) is 111 cm³/mol. The molecule has 5 rings (SSSR count). The van der Waals surface area contributed by atoms with Crippen LogP contribution in [0.25, 0.3) is 10.2 Å². The molecule has 1 saturated heterocycles. The highest BCUT2D eigenvalue weighted by Gasteiger charge is 2.29. The van der Waals surface area contributed by atoms with Gasteiger partial charge in [-0.1, -0.05) is 0 Å². The number of anilines is 1. The smallest absolute Gasteiger partial charge is 0.230 e. The quantitative estimate of drug-likeness (QED) is 0.780. The number of nitrogens with one attached hydrogen (secondary N) is 1. The van der Waals surface area contributed by atoms with E-state index >= 15 is 0 Å². The average Bonchev–Trinajstić information content (AvgIpc) is 3.27. The van der Waals surface area contributed by atoms with E-state index < -0.39 is 0 Å². The third kappa shape index (κ3) is 3.50. The molecule has 2 aromatic rings. The minimum atomic E-state index is -0.0438. The van der Waals surface area contributed by atoms with Crippen LogP contribution in [-0.2, 0) is 24.1 Å². The fourth-order valence-corrected chi connectivity index (χ4v) is 5.84. The maximum atomic E-state index is 12.8. The van der Waals surface area contributed by atoms with Crippen LogP contribution in [-0.4, -0.2) is 51.6 Å². The molecular formula is C21H28N4O2S. The first-order valence-corrected chi connectivity index (χ1v) is 11.5. The second-order valence-electron chi connectivity index (χ2n) is 8.45. The Morgan fingerprint density at radius 2 is 2.04 bits per heavy atom. The van der Waals surface area contributed by atoms with Gasteiger partial charge >= 0.3 is 0 Å². The highest BCUT2D eigenvalue weighted by Crippen LogP contribution is 2.39. The van der Waals surface area contributed by atoms with Gasteiger partial charge in [0.05, 0.1) is 24.5 Å². The zero-order valence-electron chi connectivity index (χ0n) is 16.2. The standard InChI is InChI=1S/C21H28N4O2S/c26-12-14-4-3-9-25(14)18(27)10-17-23-20(22-11-13-7-8-13)19-15-5-1-2-6-16(15)28-21(19)24-17/h13-14,26H,1-12H2,(H,22,23,24). The summed E-state index contributed by atoms with van der Waals surface area (Å²) in [4.78, 5) is 26.7. The van der Waals surface area contributed by atoms with Crippen molar-refractivity contribution in [2.45, 2.75) is 63.8 Å². The van der Waals surface area contributed by atoms with E-state index in [0.29, 0.717) is 5.82 Å².